The molecular weight excluding hydrogens is 620 g/mol. The summed E-state index contributed by atoms with van der Waals surface area (Å²) in [5.41, 5.74) is 10.3. The lowest BCUT2D eigenvalue weighted by Crippen LogP contribution is -2.36. The Morgan fingerprint density at radius 3 is 1.65 bits per heavy atom. The Hall–Kier alpha value is -6.04. The second-order valence-electron chi connectivity index (χ2n) is 11.5. The predicted octanol–water partition coefficient (Wildman–Crippen LogP) is 4.95. The van der Waals surface area contributed by atoms with Gasteiger partial charge in [0.1, 0.15) is 23.2 Å². The largest absolute Gasteiger partial charge is 0.497 e. The third-order valence-corrected chi connectivity index (χ3v) is 8.41. The Kier molecular flexibility index (Phi) is 9.65. The summed E-state index contributed by atoms with van der Waals surface area (Å²) < 4.78 is 21.4. The summed E-state index contributed by atoms with van der Waals surface area (Å²) in [7, 11) is 6.48. The smallest absolute Gasteiger partial charge is 0.229 e. The van der Waals surface area contributed by atoms with Crippen molar-refractivity contribution in [3.8, 4) is 23.3 Å². The standard InChI is InChI=1S/C37H38N8O4/c1-24-42-35(44-36(43-24)45(21-25-6-12-29(46-2)13-7-25)22-26-8-14-30(47-3)15-9-26)31-18-37(23-41-34(31)38,27-10-16-32(48-4)39-19-27)28-11-17-33(49-5)40-20-28/h6-20H,21-23H2,1-5H3,(H2,38,41). The van der Waals surface area contributed by atoms with Gasteiger partial charge in [0.2, 0.25) is 17.7 Å². The number of ether oxygens (including phenoxy) is 4. The zero-order chi connectivity index (χ0) is 34.4. The number of hydrogen-bond acceptors (Lipinski definition) is 12. The molecule has 0 saturated carbocycles. The molecule has 12 heteroatoms. The first-order chi connectivity index (χ1) is 23.8. The predicted molar refractivity (Wildman–Crippen MR) is 187 cm³/mol. The van der Waals surface area contributed by atoms with Crippen LogP contribution in [0, 0.1) is 6.92 Å². The van der Waals surface area contributed by atoms with E-state index in [-0.39, 0.29) is 0 Å². The molecule has 0 radical (unpaired) electrons. The van der Waals surface area contributed by atoms with Crippen molar-refractivity contribution < 1.29 is 18.9 Å². The van der Waals surface area contributed by atoms with Crippen molar-refractivity contribution >= 4 is 17.4 Å². The minimum Gasteiger partial charge on any atom is -0.497 e. The van der Waals surface area contributed by atoms with Gasteiger partial charge in [-0.25, -0.2) is 15.0 Å². The lowest BCUT2D eigenvalue weighted by molar-refractivity contribution is 0.396. The van der Waals surface area contributed by atoms with E-state index in [9.17, 15) is 0 Å². The van der Waals surface area contributed by atoms with Crippen molar-refractivity contribution in [2.24, 2.45) is 10.7 Å². The molecule has 0 amide bonds. The average molecular weight is 659 g/mol. The van der Waals surface area contributed by atoms with E-state index in [0.29, 0.717) is 60.4 Å². The highest BCUT2D eigenvalue weighted by atomic mass is 16.5. The van der Waals surface area contributed by atoms with Gasteiger partial charge in [0, 0.05) is 37.6 Å². The fraction of sp³-hybridized carbons (Fsp3) is 0.243. The summed E-state index contributed by atoms with van der Waals surface area (Å²) >= 11 is 0. The van der Waals surface area contributed by atoms with Gasteiger partial charge in [-0.2, -0.15) is 9.97 Å². The number of hydrogen-bond donors (Lipinski definition) is 1. The Labute approximate surface area is 285 Å². The van der Waals surface area contributed by atoms with Gasteiger partial charge in [-0.3, -0.25) is 4.99 Å². The lowest BCUT2D eigenvalue weighted by atomic mass is 9.73. The molecule has 250 valence electrons. The Bertz CT molecular complexity index is 1850. The Morgan fingerprint density at radius 1 is 0.673 bits per heavy atom. The molecule has 0 fully saturated rings. The van der Waals surface area contributed by atoms with Gasteiger partial charge in [0.25, 0.3) is 0 Å². The zero-order valence-electron chi connectivity index (χ0n) is 28.1. The molecule has 1 aliphatic heterocycles. The summed E-state index contributed by atoms with van der Waals surface area (Å²) in [4.78, 5) is 30.5. The van der Waals surface area contributed by atoms with Gasteiger partial charge in [-0.05, 0) is 53.4 Å². The molecule has 6 rings (SSSR count). The summed E-state index contributed by atoms with van der Waals surface area (Å²) in [5.74, 6) is 4.34. The highest BCUT2D eigenvalue weighted by Gasteiger charge is 2.38. The number of aliphatic imine (C=N–C) groups is 1. The number of aromatic nitrogens is 5. The maximum absolute atomic E-state index is 6.63. The van der Waals surface area contributed by atoms with Gasteiger partial charge >= 0.3 is 0 Å². The van der Waals surface area contributed by atoms with Crippen LogP contribution in [0.5, 0.6) is 23.3 Å². The molecular formula is C37H38N8O4. The summed E-state index contributed by atoms with van der Waals surface area (Å²) in [5, 5.41) is 0. The van der Waals surface area contributed by atoms with E-state index in [0.717, 1.165) is 33.8 Å². The van der Waals surface area contributed by atoms with Gasteiger partial charge in [0.15, 0.2) is 5.82 Å². The van der Waals surface area contributed by atoms with E-state index in [2.05, 4.69) is 20.9 Å². The summed E-state index contributed by atoms with van der Waals surface area (Å²) in [6.45, 7) is 3.22. The maximum atomic E-state index is 6.63. The van der Waals surface area contributed by atoms with E-state index < -0.39 is 5.41 Å². The monoisotopic (exact) mass is 658 g/mol. The molecule has 0 bridgehead atoms. The van der Waals surface area contributed by atoms with E-state index in [1.54, 1.807) is 40.8 Å². The number of pyridine rings is 2. The number of anilines is 1. The molecule has 49 heavy (non-hydrogen) atoms. The highest BCUT2D eigenvalue weighted by Crippen LogP contribution is 2.39. The van der Waals surface area contributed by atoms with Crippen molar-refractivity contribution in [3.05, 3.63) is 125 Å². The van der Waals surface area contributed by atoms with E-state index in [1.807, 2.05) is 79.7 Å². The van der Waals surface area contributed by atoms with Crippen LogP contribution < -0.4 is 29.6 Å². The number of methoxy groups -OCH3 is 4. The third kappa shape index (κ3) is 7.13. The van der Waals surface area contributed by atoms with Gasteiger partial charge in [-0.15, -0.1) is 0 Å². The minimum absolute atomic E-state index is 0.322. The fourth-order valence-electron chi connectivity index (χ4n) is 5.72. The van der Waals surface area contributed by atoms with Gasteiger partial charge in [-0.1, -0.05) is 42.5 Å². The molecule has 4 heterocycles. The molecule has 3 aromatic heterocycles. The van der Waals surface area contributed by atoms with Crippen LogP contribution in [-0.4, -0.2) is 65.7 Å². The summed E-state index contributed by atoms with van der Waals surface area (Å²) in [6, 6.07) is 23.5. The normalized spacial score (nSPS) is 13.6. The van der Waals surface area contributed by atoms with Crippen molar-refractivity contribution in [1.29, 1.82) is 0 Å². The average Bonchev–Trinajstić information content (AvgIpc) is 3.15. The molecule has 2 aromatic carbocycles. The van der Waals surface area contributed by atoms with Crippen LogP contribution in [0.25, 0.3) is 5.57 Å². The van der Waals surface area contributed by atoms with Crippen molar-refractivity contribution in [2.45, 2.75) is 25.4 Å². The van der Waals surface area contributed by atoms with Crippen LogP contribution in [-0.2, 0) is 18.5 Å². The van der Waals surface area contributed by atoms with Crippen LogP contribution in [0.1, 0.15) is 33.9 Å². The lowest BCUT2D eigenvalue weighted by Gasteiger charge is -2.34. The second-order valence-corrected chi connectivity index (χ2v) is 11.5. The minimum atomic E-state index is -0.788. The topological polar surface area (TPSA) is 143 Å². The number of benzene rings is 2. The molecule has 0 aliphatic carbocycles. The maximum Gasteiger partial charge on any atom is 0.229 e. The first-order valence-corrected chi connectivity index (χ1v) is 15.6. The third-order valence-electron chi connectivity index (χ3n) is 8.41. The molecule has 12 nitrogen and oxygen atoms in total. The molecule has 0 atom stereocenters. The molecule has 5 aromatic rings. The molecule has 0 spiro atoms. The zero-order valence-corrected chi connectivity index (χ0v) is 28.1. The quantitative estimate of drug-likeness (QED) is 0.195. The molecule has 2 N–H and O–H groups in total. The number of amidine groups is 1. The molecule has 1 aliphatic rings. The van der Waals surface area contributed by atoms with Crippen molar-refractivity contribution in [1.82, 2.24) is 24.9 Å². The SMILES string of the molecule is COc1ccc(CN(Cc2ccc(OC)cc2)c2nc(C)nc(C3=CC(c4ccc(OC)nc4)(c4ccc(OC)nc4)CN=C3N)n2)cc1. The number of nitrogens with two attached hydrogens (primary N) is 1. The number of nitrogens with zero attached hydrogens (tertiary/aromatic N) is 7. The number of dihydropyridines is 1. The van der Waals surface area contributed by atoms with Gasteiger partial charge in [0.05, 0.1) is 46.0 Å². The fourth-order valence-corrected chi connectivity index (χ4v) is 5.72. The highest BCUT2D eigenvalue weighted by molar-refractivity contribution is 6.22. The Balaban J connectivity index is 1.45. The Morgan fingerprint density at radius 2 is 1.20 bits per heavy atom. The number of rotatable bonds is 12. The first kappa shape index (κ1) is 32.9. The van der Waals surface area contributed by atoms with E-state index in [1.165, 1.54) is 0 Å². The van der Waals surface area contributed by atoms with Crippen molar-refractivity contribution in [3.63, 3.8) is 0 Å². The second kappa shape index (κ2) is 14.4. The number of aryl methyl sites for hydroxylation is 1. The van der Waals surface area contributed by atoms with E-state index >= 15 is 0 Å². The van der Waals surface area contributed by atoms with E-state index in [4.69, 9.17) is 44.6 Å². The van der Waals surface area contributed by atoms with Crippen LogP contribution in [0.3, 0.4) is 0 Å². The molecule has 0 saturated heterocycles. The van der Waals surface area contributed by atoms with Crippen LogP contribution in [0.4, 0.5) is 5.95 Å². The van der Waals surface area contributed by atoms with Crippen molar-refractivity contribution in [2.75, 3.05) is 39.9 Å². The van der Waals surface area contributed by atoms with Crippen LogP contribution in [0.2, 0.25) is 0 Å². The summed E-state index contributed by atoms with van der Waals surface area (Å²) in [6.07, 6.45) is 5.62. The molecule has 0 unspecified atom stereocenters. The van der Waals surface area contributed by atoms with Crippen LogP contribution >= 0.6 is 0 Å². The van der Waals surface area contributed by atoms with Crippen LogP contribution in [0.15, 0.2) is 96.3 Å². The van der Waals surface area contributed by atoms with Gasteiger partial charge < -0.3 is 29.6 Å². The first-order valence-electron chi connectivity index (χ1n) is 15.6.